The van der Waals surface area contributed by atoms with Gasteiger partial charge in [-0.2, -0.15) is 0 Å². The molecule has 0 aliphatic heterocycles. The fourth-order valence-electron chi connectivity index (χ4n) is 0.0825. The van der Waals surface area contributed by atoms with Gasteiger partial charge in [0.05, 0.1) is 6.67 Å². The Morgan fingerprint density at radius 1 is 1.50 bits per heavy atom. The van der Waals surface area contributed by atoms with Crippen molar-refractivity contribution in [1.29, 1.82) is 0 Å². The minimum absolute atomic E-state index is 0.239. The summed E-state index contributed by atoms with van der Waals surface area (Å²) in [6.07, 6.45) is 0.239. The largest absolute Gasteiger partial charge is 0.251 e. The lowest BCUT2D eigenvalue weighted by Gasteiger charge is -1.88. The maximum Gasteiger partial charge on any atom is 0.110 e. The summed E-state index contributed by atoms with van der Waals surface area (Å²) in [5, 5.41) is 0. The molecule has 0 unspecified atom stereocenters. The summed E-state index contributed by atoms with van der Waals surface area (Å²) in [6, 6.07) is 0. The molecule has 0 fully saturated rings. The highest BCUT2D eigenvalue weighted by molar-refractivity contribution is 6.44. The number of halogens is 3. The van der Waals surface area contributed by atoms with Gasteiger partial charge in [0.15, 0.2) is 0 Å². The van der Waals surface area contributed by atoms with Crippen molar-refractivity contribution in [3.63, 3.8) is 0 Å². The van der Waals surface area contributed by atoms with Crippen molar-refractivity contribution in [2.45, 2.75) is 11.3 Å². The number of alkyl halides is 3. The molecule has 0 bridgehead atoms. The van der Waals surface area contributed by atoms with E-state index < -0.39 is 11.5 Å². The summed E-state index contributed by atoms with van der Waals surface area (Å²) in [5.74, 6) is 0. The third-order valence-electron chi connectivity index (χ3n) is 0.327. The van der Waals surface area contributed by atoms with E-state index in [4.69, 9.17) is 23.2 Å². The molecule has 0 saturated carbocycles. The van der Waals surface area contributed by atoms with E-state index in [0.29, 0.717) is 0 Å². The summed E-state index contributed by atoms with van der Waals surface area (Å²) < 4.78 is 11.1. The molecular weight excluding hydrogens is 126 g/mol. The predicted octanol–water partition coefficient (Wildman–Crippen LogP) is 2.15. The predicted molar refractivity (Wildman–Crippen MR) is 26.1 cm³/mol. The van der Waals surface area contributed by atoms with Gasteiger partial charge in [-0.25, -0.2) is 0 Å². The Balaban J connectivity index is 2.63. The maximum absolute atomic E-state index is 11.1. The molecule has 0 aliphatic carbocycles. The van der Waals surface area contributed by atoms with E-state index >= 15 is 0 Å². The van der Waals surface area contributed by atoms with Crippen LogP contribution in [0.25, 0.3) is 0 Å². The van der Waals surface area contributed by atoms with Crippen molar-refractivity contribution < 1.29 is 4.39 Å². The van der Waals surface area contributed by atoms with Crippen molar-refractivity contribution in [2.24, 2.45) is 0 Å². The molecule has 0 aromatic heterocycles. The molecule has 0 aliphatic rings. The van der Waals surface area contributed by atoms with Gasteiger partial charge in [0.25, 0.3) is 0 Å². The second-order valence-corrected chi connectivity index (χ2v) is 2.15. The summed E-state index contributed by atoms with van der Waals surface area (Å²) in [7, 11) is 0. The van der Waals surface area contributed by atoms with E-state index in [1.807, 2.05) is 0 Å². The summed E-state index contributed by atoms with van der Waals surface area (Å²) in [6.45, 7) is -0.433. The molecule has 0 radical (unpaired) electrons. The normalized spacial score (nSPS) is 10.0. The standard InChI is InChI=1S/C3H5Cl2F/c4-3(5)1-2-6/h3H,1-2H2. The first-order valence-electron chi connectivity index (χ1n) is 1.61. The molecule has 0 atom stereocenters. The van der Waals surface area contributed by atoms with E-state index in [2.05, 4.69) is 0 Å². The van der Waals surface area contributed by atoms with Crippen LogP contribution in [0.5, 0.6) is 0 Å². The summed E-state index contributed by atoms with van der Waals surface area (Å²) >= 11 is 10.2. The zero-order chi connectivity index (χ0) is 4.99. The van der Waals surface area contributed by atoms with Gasteiger partial charge in [-0.3, -0.25) is 4.39 Å². The van der Waals surface area contributed by atoms with Gasteiger partial charge in [-0.15, -0.1) is 23.2 Å². The lowest BCUT2D eigenvalue weighted by molar-refractivity contribution is 0.483. The highest BCUT2D eigenvalue weighted by Gasteiger charge is 1.93. The molecule has 0 aromatic rings. The van der Waals surface area contributed by atoms with Crippen molar-refractivity contribution >= 4 is 23.2 Å². The minimum atomic E-state index is -0.532. The van der Waals surface area contributed by atoms with Crippen molar-refractivity contribution in [3.8, 4) is 0 Å². The molecule has 3 heteroatoms. The van der Waals surface area contributed by atoms with Crippen LogP contribution in [0, 0.1) is 0 Å². The summed E-state index contributed by atoms with van der Waals surface area (Å²) in [4.78, 5) is -0.532. The first-order chi connectivity index (χ1) is 2.77. The molecule has 6 heavy (non-hydrogen) atoms. The van der Waals surface area contributed by atoms with Crippen LogP contribution in [0.2, 0.25) is 0 Å². The van der Waals surface area contributed by atoms with Crippen LogP contribution >= 0.6 is 23.2 Å². The Kier molecular flexibility index (Phi) is 4.01. The van der Waals surface area contributed by atoms with E-state index in [1.54, 1.807) is 0 Å². The lowest BCUT2D eigenvalue weighted by Crippen LogP contribution is -1.85. The molecule has 0 spiro atoms. The van der Waals surface area contributed by atoms with Gasteiger partial charge in [0, 0.05) is 6.42 Å². The average Bonchev–Trinajstić information content (AvgIpc) is 1.35. The van der Waals surface area contributed by atoms with Crippen LogP contribution in [0.15, 0.2) is 0 Å². The molecule has 38 valence electrons. The molecular formula is C3H5Cl2F. The molecule has 0 amide bonds. The smallest absolute Gasteiger partial charge is 0.110 e. The van der Waals surface area contributed by atoms with Crippen LogP contribution in [0.3, 0.4) is 0 Å². The van der Waals surface area contributed by atoms with Gasteiger partial charge in [-0.05, 0) is 0 Å². The van der Waals surface area contributed by atoms with Gasteiger partial charge >= 0.3 is 0 Å². The van der Waals surface area contributed by atoms with E-state index in [-0.39, 0.29) is 6.42 Å². The van der Waals surface area contributed by atoms with E-state index in [9.17, 15) is 4.39 Å². The first kappa shape index (κ1) is 6.51. The van der Waals surface area contributed by atoms with E-state index in [1.165, 1.54) is 0 Å². The van der Waals surface area contributed by atoms with Crippen molar-refractivity contribution in [2.75, 3.05) is 6.67 Å². The Bertz CT molecular complexity index is 30.0. The zero-order valence-electron chi connectivity index (χ0n) is 3.13. The topological polar surface area (TPSA) is 0 Å². The number of hydrogen-bond donors (Lipinski definition) is 0. The highest BCUT2D eigenvalue weighted by Crippen LogP contribution is 2.05. The molecule has 0 nitrogen and oxygen atoms in total. The van der Waals surface area contributed by atoms with Gasteiger partial charge in [-0.1, -0.05) is 0 Å². The second-order valence-electron chi connectivity index (χ2n) is 0.869. The SMILES string of the molecule is FCCC(Cl)Cl. The first-order valence-corrected chi connectivity index (χ1v) is 2.48. The van der Waals surface area contributed by atoms with Crippen LogP contribution in [0.4, 0.5) is 4.39 Å². The van der Waals surface area contributed by atoms with Crippen molar-refractivity contribution in [3.05, 3.63) is 0 Å². The fraction of sp³-hybridized carbons (Fsp3) is 1.00. The molecule has 0 aromatic carbocycles. The van der Waals surface area contributed by atoms with E-state index in [0.717, 1.165) is 0 Å². The van der Waals surface area contributed by atoms with Gasteiger partial charge in [0.1, 0.15) is 4.84 Å². The average molecular weight is 131 g/mol. The van der Waals surface area contributed by atoms with Gasteiger partial charge in [0.2, 0.25) is 0 Å². The minimum Gasteiger partial charge on any atom is -0.251 e. The lowest BCUT2D eigenvalue weighted by atomic mass is 10.5. The Hall–Kier alpha value is 0.510. The number of hydrogen-bond acceptors (Lipinski definition) is 0. The van der Waals surface area contributed by atoms with Crippen LogP contribution in [-0.4, -0.2) is 11.5 Å². The Labute approximate surface area is 46.2 Å². The summed E-state index contributed by atoms with van der Waals surface area (Å²) in [5.41, 5.74) is 0. The molecule has 0 heterocycles. The van der Waals surface area contributed by atoms with Crippen LogP contribution < -0.4 is 0 Å². The third kappa shape index (κ3) is 4.51. The van der Waals surface area contributed by atoms with Gasteiger partial charge < -0.3 is 0 Å². The fourth-order valence-corrected chi connectivity index (χ4v) is 0.247. The maximum atomic E-state index is 11.1. The van der Waals surface area contributed by atoms with Crippen LogP contribution in [0.1, 0.15) is 6.42 Å². The quantitative estimate of drug-likeness (QED) is 0.503. The third-order valence-corrected chi connectivity index (χ3v) is 0.764. The zero-order valence-corrected chi connectivity index (χ0v) is 4.64. The molecule has 0 rings (SSSR count). The monoisotopic (exact) mass is 130 g/mol. The van der Waals surface area contributed by atoms with Crippen molar-refractivity contribution in [1.82, 2.24) is 0 Å². The Morgan fingerprint density at radius 2 is 2.00 bits per heavy atom. The Morgan fingerprint density at radius 3 is 2.00 bits per heavy atom. The molecule has 0 saturated heterocycles. The molecule has 0 N–H and O–H groups in total. The number of rotatable bonds is 2. The second kappa shape index (κ2) is 3.69. The highest BCUT2D eigenvalue weighted by atomic mass is 35.5. The van der Waals surface area contributed by atoms with Crippen LogP contribution in [-0.2, 0) is 0 Å².